The van der Waals surface area contributed by atoms with E-state index in [9.17, 15) is 4.79 Å². The SMILES string of the molecule is O=c1c2ccccc2oc2cc(-c3ccccc3-c3cc(-c4ccccc4)nc(-c4ccccc4)c3)ccc12. The molecule has 0 aliphatic heterocycles. The zero-order valence-corrected chi connectivity index (χ0v) is 21.0. The molecule has 0 unspecified atom stereocenters. The maximum absolute atomic E-state index is 13.1. The van der Waals surface area contributed by atoms with Gasteiger partial charge in [0.1, 0.15) is 11.2 Å². The van der Waals surface area contributed by atoms with E-state index in [0.717, 1.165) is 44.8 Å². The summed E-state index contributed by atoms with van der Waals surface area (Å²) in [6.45, 7) is 0. The zero-order valence-electron chi connectivity index (χ0n) is 21.0. The van der Waals surface area contributed by atoms with Gasteiger partial charge in [0.15, 0.2) is 0 Å². The highest BCUT2D eigenvalue weighted by molar-refractivity contribution is 5.94. The first-order chi connectivity index (χ1) is 19.2. The third kappa shape index (κ3) is 4.20. The molecule has 0 atom stereocenters. The van der Waals surface area contributed by atoms with Gasteiger partial charge in [-0.2, -0.15) is 0 Å². The van der Waals surface area contributed by atoms with Crippen LogP contribution in [-0.4, -0.2) is 4.98 Å². The number of aromatic nitrogens is 1. The van der Waals surface area contributed by atoms with Crippen molar-refractivity contribution in [2.75, 3.05) is 0 Å². The van der Waals surface area contributed by atoms with Crippen molar-refractivity contribution in [2.24, 2.45) is 0 Å². The molecule has 2 aromatic heterocycles. The molecule has 2 heterocycles. The van der Waals surface area contributed by atoms with Gasteiger partial charge in [0.05, 0.1) is 22.2 Å². The van der Waals surface area contributed by atoms with Crippen LogP contribution < -0.4 is 5.43 Å². The van der Waals surface area contributed by atoms with Crippen molar-refractivity contribution in [1.29, 1.82) is 0 Å². The van der Waals surface area contributed by atoms with E-state index in [4.69, 9.17) is 9.40 Å². The lowest BCUT2D eigenvalue weighted by Gasteiger charge is -2.14. The maximum atomic E-state index is 13.1. The van der Waals surface area contributed by atoms with Gasteiger partial charge in [-0.15, -0.1) is 0 Å². The highest BCUT2D eigenvalue weighted by Crippen LogP contribution is 2.37. The fraction of sp³-hybridized carbons (Fsp3) is 0. The minimum absolute atomic E-state index is 0.0131. The van der Waals surface area contributed by atoms with Crippen molar-refractivity contribution in [1.82, 2.24) is 4.98 Å². The fourth-order valence-electron chi connectivity index (χ4n) is 5.15. The number of nitrogens with zero attached hydrogens (tertiary/aromatic N) is 1. The molecule has 0 saturated heterocycles. The molecule has 0 N–H and O–H groups in total. The lowest BCUT2D eigenvalue weighted by molar-refractivity contribution is 0.660. The number of pyridine rings is 1. The summed E-state index contributed by atoms with van der Waals surface area (Å²) in [4.78, 5) is 18.1. The minimum atomic E-state index is -0.0131. The Hall–Kier alpha value is -5.28. The second-order valence-corrected chi connectivity index (χ2v) is 9.54. The van der Waals surface area contributed by atoms with Gasteiger partial charge < -0.3 is 4.42 Å². The molecule has 0 aliphatic carbocycles. The molecular weight excluding hydrogens is 478 g/mol. The van der Waals surface area contributed by atoms with Crippen LogP contribution in [0.2, 0.25) is 0 Å². The summed E-state index contributed by atoms with van der Waals surface area (Å²) < 4.78 is 6.18. The van der Waals surface area contributed by atoms with Crippen LogP contribution in [0.4, 0.5) is 0 Å². The van der Waals surface area contributed by atoms with Crippen molar-refractivity contribution in [2.45, 2.75) is 0 Å². The van der Waals surface area contributed by atoms with Gasteiger partial charge in [0.2, 0.25) is 5.43 Å². The Labute approximate surface area is 225 Å². The summed E-state index contributed by atoms with van der Waals surface area (Å²) in [6.07, 6.45) is 0. The molecule has 0 saturated carbocycles. The average molecular weight is 502 g/mol. The second kappa shape index (κ2) is 9.55. The number of rotatable bonds is 4. The summed E-state index contributed by atoms with van der Waals surface area (Å²) in [5.41, 5.74) is 9.30. The van der Waals surface area contributed by atoms with Crippen LogP contribution in [0.15, 0.2) is 149 Å². The maximum Gasteiger partial charge on any atom is 0.200 e. The zero-order chi connectivity index (χ0) is 26.2. The molecule has 39 heavy (non-hydrogen) atoms. The van der Waals surface area contributed by atoms with E-state index in [0.29, 0.717) is 21.9 Å². The molecule has 0 amide bonds. The van der Waals surface area contributed by atoms with Gasteiger partial charge >= 0.3 is 0 Å². The van der Waals surface area contributed by atoms with Crippen molar-refractivity contribution in [3.05, 3.63) is 150 Å². The highest BCUT2D eigenvalue weighted by atomic mass is 16.3. The third-order valence-electron chi connectivity index (χ3n) is 7.09. The summed E-state index contributed by atoms with van der Waals surface area (Å²) in [7, 11) is 0. The number of benzene rings is 5. The first kappa shape index (κ1) is 22.9. The molecule has 3 nitrogen and oxygen atoms in total. The van der Waals surface area contributed by atoms with Crippen molar-refractivity contribution in [3.63, 3.8) is 0 Å². The Balaban J connectivity index is 1.43. The van der Waals surface area contributed by atoms with Gasteiger partial charge in [-0.05, 0) is 58.7 Å². The average Bonchev–Trinajstić information content (AvgIpc) is 3.01. The van der Waals surface area contributed by atoms with Crippen LogP contribution in [0.5, 0.6) is 0 Å². The number of hydrogen-bond donors (Lipinski definition) is 0. The first-order valence-corrected chi connectivity index (χ1v) is 12.9. The Bertz CT molecular complexity index is 1970. The van der Waals surface area contributed by atoms with Gasteiger partial charge in [0.25, 0.3) is 0 Å². The Morgan fingerprint density at radius 3 is 1.64 bits per heavy atom. The standard InChI is InChI=1S/C36H23NO2/c38-36-30-17-9-10-18-34(30)39-35-23-26(19-20-31(35)36)28-15-7-8-16-29(28)27-21-32(24-11-3-1-4-12-24)37-33(22-27)25-13-5-2-6-14-25/h1-23H. The van der Waals surface area contributed by atoms with Crippen LogP contribution in [-0.2, 0) is 0 Å². The molecule has 7 rings (SSSR count). The van der Waals surface area contributed by atoms with E-state index in [1.807, 2.05) is 84.9 Å². The number of para-hydroxylation sites is 1. The summed E-state index contributed by atoms with van der Waals surface area (Å²) in [5.74, 6) is 0. The van der Waals surface area contributed by atoms with E-state index < -0.39 is 0 Å². The Kier molecular flexibility index (Phi) is 5.60. The largest absolute Gasteiger partial charge is 0.456 e. The number of hydrogen-bond acceptors (Lipinski definition) is 3. The first-order valence-electron chi connectivity index (χ1n) is 12.9. The molecule has 5 aromatic carbocycles. The van der Waals surface area contributed by atoms with E-state index >= 15 is 0 Å². The van der Waals surface area contributed by atoms with E-state index in [1.54, 1.807) is 0 Å². The van der Waals surface area contributed by atoms with Gasteiger partial charge in [-0.1, -0.05) is 103 Å². The van der Waals surface area contributed by atoms with Gasteiger partial charge in [-0.25, -0.2) is 4.98 Å². The molecule has 7 aromatic rings. The van der Waals surface area contributed by atoms with Crippen molar-refractivity contribution < 1.29 is 4.42 Å². The molecule has 0 aliphatic rings. The monoisotopic (exact) mass is 501 g/mol. The Morgan fingerprint density at radius 1 is 0.436 bits per heavy atom. The number of fused-ring (bicyclic) bond motifs is 2. The van der Waals surface area contributed by atoms with Crippen LogP contribution in [0, 0.1) is 0 Å². The summed E-state index contributed by atoms with van der Waals surface area (Å²) in [6, 6.07) is 46.4. The quantitative estimate of drug-likeness (QED) is 0.226. The molecule has 0 bridgehead atoms. The second-order valence-electron chi connectivity index (χ2n) is 9.54. The van der Waals surface area contributed by atoms with Crippen LogP contribution in [0.25, 0.3) is 66.7 Å². The van der Waals surface area contributed by atoms with Crippen LogP contribution >= 0.6 is 0 Å². The van der Waals surface area contributed by atoms with Gasteiger partial charge in [-0.3, -0.25) is 4.79 Å². The predicted molar refractivity (Wildman–Crippen MR) is 160 cm³/mol. The molecule has 0 spiro atoms. The third-order valence-corrected chi connectivity index (χ3v) is 7.09. The van der Waals surface area contributed by atoms with E-state index in [1.165, 1.54) is 0 Å². The smallest absolute Gasteiger partial charge is 0.200 e. The topological polar surface area (TPSA) is 43.1 Å². The predicted octanol–water partition coefficient (Wildman–Crippen LogP) is 9.01. The van der Waals surface area contributed by atoms with Crippen LogP contribution in [0.1, 0.15) is 0 Å². The van der Waals surface area contributed by atoms with Gasteiger partial charge in [0, 0.05) is 11.1 Å². The lowest BCUT2D eigenvalue weighted by atomic mass is 9.92. The molecule has 0 fully saturated rings. The highest BCUT2D eigenvalue weighted by Gasteiger charge is 2.14. The minimum Gasteiger partial charge on any atom is -0.456 e. The van der Waals surface area contributed by atoms with E-state index in [-0.39, 0.29) is 5.43 Å². The molecule has 184 valence electrons. The Morgan fingerprint density at radius 2 is 0.974 bits per heavy atom. The molecule has 0 radical (unpaired) electrons. The molecule has 3 heteroatoms. The lowest BCUT2D eigenvalue weighted by Crippen LogP contribution is -2.01. The fourth-order valence-corrected chi connectivity index (χ4v) is 5.15. The van der Waals surface area contributed by atoms with Crippen LogP contribution in [0.3, 0.4) is 0 Å². The summed E-state index contributed by atoms with van der Waals surface area (Å²) in [5, 5.41) is 1.17. The van der Waals surface area contributed by atoms with Crippen molar-refractivity contribution in [3.8, 4) is 44.8 Å². The van der Waals surface area contributed by atoms with E-state index in [2.05, 4.69) is 54.6 Å². The normalized spacial score (nSPS) is 11.2. The molecular formula is C36H23NO2. The summed E-state index contributed by atoms with van der Waals surface area (Å²) >= 11 is 0. The van der Waals surface area contributed by atoms with Crippen molar-refractivity contribution >= 4 is 21.9 Å².